The molecule has 2 atom stereocenters. The fourth-order valence-corrected chi connectivity index (χ4v) is 3.65. The third-order valence-corrected chi connectivity index (χ3v) is 5.02. The smallest absolute Gasteiger partial charge is 0.138 e. The zero-order valence-corrected chi connectivity index (χ0v) is 16.5. The average molecular weight is 420 g/mol. The van der Waals surface area contributed by atoms with E-state index in [4.69, 9.17) is 9.94 Å². The fourth-order valence-electron chi connectivity index (χ4n) is 3.65. The van der Waals surface area contributed by atoms with Gasteiger partial charge in [0.15, 0.2) is 0 Å². The number of carbonyl (C=O) groups is 1. The molecule has 0 bridgehead atoms. The number of ketones is 1. The SMILES string of the molecule is Cc1cc(F)c([C@@H]2CN=C(NOCCO)[C@H]2CC(=O)Cc2ccc(F)cc2)c(F)c1. The zero-order valence-electron chi connectivity index (χ0n) is 16.5. The molecule has 0 radical (unpaired) electrons. The summed E-state index contributed by atoms with van der Waals surface area (Å²) < 4.78 is 42.3. The van der Waals surface area contributed by atoms with Gasteiger partial charge in [-0.15, -0.1) is 0 Å². The predicted molar refractivity (Wildman–Crippen MR) is 106 cm³/mol. The van der Waals surface area contributed by atoms with Crippen molar-refractivity contribution in [3.8, 4) is 0 Å². The number of rotatable bonds is 8. The number of aliphatic imine (C=N–C) groups is 1. The molecule has 0 unspecified atom stereocenters. The van der Waals surface area contributed by atoms with Crippen LogP contribution >= 0.6 is 0 Å². The Balaban J connectivity index is 1.81. The molecule has 8 heteroatoms. The van der Waals surface area contributed by atoms with Crippen molar-refractivity contribution in [3.05, 3.63) is 70.5 Å². The number of hydrogen-bond acceptors (Lipinski definition) is 5. The van der Waals surface area contributed by atoms with Crippen molar-refractivity contribution in [2.45, 2.75) is 25.7 Å². The zero-order chi connectivity index (χ0) is 21.7. The third-order valence-electron chi connectivity index (χ3n) is 5.02. The third kappa shape index (κ3) is 5.25. The first kappa shape index (κ1) is 22.0. The van der Waals surface area contributed by atoms with Crippen LogP contribution < -0.4 is 5.48 Å². The van der Waals surface area contributed by atoms with Crippen molar-refractivity contribution >= 4 is 11.6 Å². The fraction of sp³-hybridized carbons (Fsp3) is 0.364. The molecule has 3 rings (SSSR count). The van der Waals surface area contributed by atoms with E-state index < -0.39 is 29.3 Å². The van der Waals surface area contributed by atoms with Gasteiger partial charge in [0.25, 0.3) is 0 Å². The van der Waals surface area contributed by atoms with Crippen molar-refractivity contribution < 1.29 is 27.9 Å². The first-order valence-corrected chi connectivity index (χ1v) is 9.63. The number of Topliss-reactive ketones (excluding diaryl/α,β-unsaturated/α-hetero) is 1. The molecular weight excluding hydrogens is 397 g/mol. The first-order chi connectivity index (χ1) is 14.4. The van der Waals surface area contributed by atoms with Crippen LogP contribution in [-0.4, -0.2) is 36.5 Å². The van der Waals surface area contributed by atoms with E-state index in [0.717, 1.165) is 0 Å². The maximum Gasteiger partial charge on any atom is 0.138 e. The summed E-state index contributed by atoms with van der Waals surface area (Å²) in [4.78, 5) is 22.1. The lowest BCUT2D eigenvalue weighted by molar-refractivity contribution is -0.119. The van der Waals surface area contributed by atoms with E-state index in [2.05, 4.69) is 10.5 Å². The molecule has 0 aromatic heterocycles. The normalized spacial score (nSPS) is 18.4. The van der Waals surface area contributed by atoms with Crippen LogP contribution in [0, 0.1) is 30.3 Å². The second-order valence-corrected chi connectivity index (χ2v) is 7.30. The van der Waals surface area contributed by atoms with Gasteiger partial charge in [-0.05, 0) is 42.3 Å². The summed E-state index contributed by atoms with van der Waals surface area (Å²) in [5.41, 5.74) is 3.60. The quantitative estimate of drug-likeness (QED) is 0.508. The molecule has 2 aromatic carbocycles. The Morgan fingerprint density at radius 3 is 2.50 bits per heavy atom. The number of aliphatic hydroxyl groups excluding tert-OH is 1. The van der Waals surface area contributed by atoms with Gasteiger partial charge < -0.3 is 5.11 Å². The summed E-state index contributed by atoms with van der Waals surface area (Å²) in [6, 6.07) is 8.10. The molecule has 1 heterocycles. The number of carbonyl (C=O) groups excluding carboxylic acids is 1. The number of nitrogens with zero attached hydrogens (tertiary/aromatic N) is 1. The topological polar surface area (TPSA) is 70.9 Å². The summed E-state index contributed by atoms with van der Waals surface area (Å²) in [5.74, 6) is -2.93. The number of halogens is 3. The van der Waals surface area contributed by atoms with Gasteiger partial charge in [-0.1, -0.05) is 12.1 Å². The molecule has 2 aromatic rings. The van der Waals surface area contributed by atoms with Crippen LogP contribution in [0.3, 0.4) is 0 Å². The minimum atomic E-state index is -0.679. The molecule has 0 saturated heterocycles. The second kappa shape index (κ2) is 9.86. The van der Waals surface area contributed by atoms with Crippen LogP contribution in [0.5, 0.6) is 0 Å². The lowest BCUT2D eigenvalue weighted by atomic mass is 9.82. The largest absolute Gasteiger partial charge is 0.394 e. The number of benzene rings is 2. The van der Waals surface area contributed by atoms with E-state index in [1.807, 2.05) is 0 Å². The first-order valence-electron chi connectivity index (χ1n) is 9.63. The summed E-state index contributed by atoms with van der Waals surface area (Å²) in [5, 5.41) is 8.88. The van der Waals surface area contributed by atoms with Gasteiger partial charge >= 0.3 is 0 Å². The van der Waals surface area contributed by atoms with Gasteiger partial charge in [-0.25, -0.2) is 13.2 Å². The van der Waals surface area contributed by atoms with Crippen LogP contribution in [0.4, 0.5) is 13.2 Å². The van der Waals surface area contributed by atoms with Gasteiger partial charge in [-0.2, -0.15) is 0 Å². The number of nitrogens with one attached hydrogen (secondary N) is 1. The van der Waals surface area contributed by atoms with E-state index in [-0.39, 0.29) is 43.9 Å². The summed E-state index contributed by atoms with van der Waals surface area (Å²) in [7, 11) is 0. The summed E-state index contributed by atoms with van der Waals surface area (Å²) >= 11 is 0. The van der Waals surface area contributed by atoms with E-state index in [1.54, 1.807) is 6.92 Å². The number of hydrogen-bond donors (Lipinski definition) is 2. The van der Waals surface area contributed by atoms with Crippen LogP contribution in [0.2, 0.25) is 0 Å². The molecule has 30 heavy (non-hydrogen) atoms. The lowest BCUT2D eigenvalue weighted by Crippen LogP contribution is -2.33. The van der Waals surface area contributed by atoms with Crippen molar-refractivity contribution in [1.82, 2.24) is 5.48 Å². The molecule has 2 N–H and O–H groups in total. The predicted octanol–water partition coefficient (Wildman–Crippen LogP) is 3.24. The summed E-state index contributed by atoms with van der Waals surface area (Å²) in [6.07, 6.45) is 0.0380. The van der Waals surface area contributed by atoms with Crippen molar-refractivity contribution in [3.63, 3.8) is 0 Å². The van der Waals surface area contributed by atoms with Crippen molar-refractivity contribution in [1.29, 1.82) is 0 Å². The summed E-state index contributed by atoms with van der Waals surface area (Å²) in [6.45, 7) is 1.46. The standard InChI is InChI=1S/C22H23F3N2O3/c1-13-8-19(24)21(20(25)9-13)18-12-26-22(27-30-7-6-28)17(18)11-16(29)10-14-2-4-15(23)5-3-14/h2-5,8-9,17-18,28H,6-7,10-12H2,1H3,(H,26,27)/t17-,18+/m0/s1. The molecule has 0 spiro atoms. The van der Waals surface area contributed by atoms with Crippen LogP contribution in [0.15, 0.2) is 41.4 Å². The molecule has 5 nitrogen and oxygen atoms in total. The maximum atomic E-state index is 14.6. The van der Waals surface area contributed by atoms with E-state index >= 15 is 0 Å². The monoisotopic (exact) mass is 420 g/mol. The number of aryl methyl sites for hydroxylation is 1. The lowest BCUT2D eigenvalue weighted by Gasteiger charge is -2.22. The van der Waals surface area contributed by atoms with Crippen molar-refractivity contribution in [2.75, 3.05) is 19.8 Å². The van der Waals surface area contributed by atoms with Gasteiger partial charge in [-0.3, -0.25) is 20.1 Å². The van der Waals surface area contributed by atoms with Gasteiger partial charge in [0.05, 0.1) is 13.2 Å². The average Bonchev–Trinajstić information content (AvgIpc) is 3.05. The molecular formula is C22H23F3N2O3. The Bertz CT molecular complexity index is 909. The Kier molecular flexibility index (Phi) is 7.23. The second-order valence-electron chi connectivity index (χ2n) is 7.30. The Morgan fingerprint density at radius 1 is 1.20 bits per heavy atom. The number of aliphatic hydroxyl groups is 1. The molecule has 0 fully saturated rings. The minimum absolute atomic E-state index is 0.00676. The highest BCUT2D eigenvalue weighted by atomic mass is 19.1. The highest BCUT2D eigenvalue weighted by Crippen LogP contribution is 2.36. The molecule has 1 aliphatic heterocycles. The Labute approximate surface area is 172 Å². The number of amidine groups is 1. The molecule has 160 valence electrons. The maximum absolute atomic E-state index is 14.6. The highest BCUT2D eigenvalue weighted by Gasteiger charge is 2.37. The molecule has 0 amide bonds. The minimum Gasteiger partial charge on any atom is -0.394 e. The van der Waals surface area contributed by atoms with Gasteiger partial charge in [0.2, 0.25) is 0 Å². The number of hydroxylamine groups is 1. The van der Waals surface area contributed by atoms with Crippen LogP contribution in [-0.2, 0) is 16.1 Å². The molecule has 1 aliphatic rings. The van der Waals surface area contributed by atoms with E-state index in [0.29, 0.717) is 17.0 Å². The Morgan fingerprint density at radius 2 is 1.87 bits per heavy atom. The van der Waals surface area contributed by atoms with Crippen LogP contribution in [0.25, 0.3) is 0 Å². The Hall–Kier alpha value is -2.71. The van der Waals surface area contributed by atoms with Gasteiger partial charge in [0.1, 0.15) is 29.1 Å². The molecule has 0 aliphatic carbocycles. The molecule has 0 saturated carbocycles. The van der Waals surface area contributed by atoms with Crippen molar-refractivity contribution in [2.24, 2.45) is 10.9 Å². The van der Waals surface area contributed by atoms with E-state index in [1.165, 1.54) is 36.4 Å². The van der Waals surface area contributed by atoms with Crippen LogP contribution in [0.1, 0.15) is 29.0 Å². The highest BCUT2D eigenvalue weighted by molar-refractivity contribution is 5.92. The van der Waals surface area contributed by atoms with E-state index in [9.17, 15) is 18.0 Å². The van der Waals surface area contributed by atoms with Gasteiger partial charge in [0, 0.05) is 36.8 Å².